The van der Waals surface area contributed by atoms with Gasteiger partial charge in [-0.3, -0.25) is 0 Å². The number of hydrogen-bond donors (Lipinski definition) is 4. The number of aliphatic hydroxyl groups is 3. The highest BCUT2D eigenvalue weighted by Crippen LogP contribution is 2.16. The summed E-state index contributed by atoms with van der Waals surface area (Å²) in [4.78, 5) is 4.12. The van der Waals surface area contributed by atoms with Gasteiger partial charge in [0, 0.05) is 6.07 Å². The zero-order valence-electron chi connectivity index (χ0n) is 9.76. The van der Waals surface area contributed by atoms with Crippen LogP contribution in [0.4, 0.5) is 5.82 Å². The van der Waals surface area contributed by atoms with E-state index in [2.05, 4.69) is 10.3 Å². The van der Waals surface area contributed by atoms with Gasteiger partial charge in [0.05, 0.1) is 26.4 Å². The van der Waals surface area contributed by atoms with Crippen LogP contribution in [0.2, 0.25) is 0 Å². The van der Waals surface area contributed by atoms with E-state index in [1.165, 1.54) is 0 Å². The first kappa shape index (κ1) is 13.7. The van der Waals surface area contributed by atoms with Gasteiger partial charge in [-0.25, -0.2) is 0 Å². The smallest absolute Gasteiger partial charge is 0.215 e. The molecule has 0 aromatic carbocycles. The van der Waals surface area contributed by atoms with E-state index >= 15 is 0 Å². The van der Waals surface area contributed by atoms with E-state index in [0.717, 1.165) is 0 Å². The molecule has 0 aliphatic heterocycles. The van der Waals surface area contributed by atoms with Crippen molar-refractivity contribution < 1.29 is 20.1 Å². The molecule has 0 radical (unpaired) electrons. The molecule has 0 aliphatic rings. The summed E-state index contributed by atoms with van der Waals surface area (Å²) in [5.74, 6) is 0.869. The Labute approximate surface area is 99.9 Å². The van der Waals surface area contributed by atoms with Crippen LogP contribution < -0.4 is 10.1 Å². The maximum atomic E-state index is 9.17. The lowest BCUT2D eigenvalue weighted by molar-refractivity contribution is 0.0830. The molecule has 0 atom stereocenters. The summed E-state index contributed by atoms with van der Waals surface area (Å²) in [7, 11) is 0. The Morgan fingerprint density at radius 2 is 1.88 bits per heavy atom. The van der Waals surface area contributed by atoms with Crippen LogP contribution in [-0.2, 0) is 0 Å². The number of nitrogens with one attached hydrogen (secondary N) is 1. The van der Waals surface area contributed by atoms with Crippen LogP contribution in [0.1, 0.15) is 6.92 Å². The molecule has 1 rings (SSSR count). The van der Waals surface area contributed by atoms with Gasteiger partial charge >= 0.3 is 0 Å². The molecule has 0 saturated heterocycles. The van der Waals surface area contributed by atoms with E-state index in [1.54, 1.807) is 18.2 Å². The molecule has 6 nitrogen and oxygen atoms in total. The van der Waals surface area contributed by atoms with E-state index in [1.807, 2.05) is 6.92 Å². The summed E-state index contributed by atoms with van der Waals surface area (Å²) in [5, 5.41) is 30.3. The van der Waals surface area contributed by atoms with Crippen molar-refractivity contribution >= 4 is 5.82 Å². The number of nitrogens with zero attached hydrogens (tertiary/aromatic N) is 1. The second-order valence-corrected chi connectivity index (χ2v) is 3.67. The highest BCUT2D eigenvalue weighted by Gasteiger charge is 2.28. The lowest BCUT2D eigenvalue weighted by Gasteiger charge is -2.29. The maximum absolute atomic E-state index is 9.17. The Bertz CT molecular complexity index is 334. The van der Waals surface area contributed by atoms with Gasteiger partial charge in [-0.2, -0.15) is 4.98 Å². The van der Waals surface area contributed by atoms with Crippen LogP contribution in [0.3, 0.4) is 0 Å². The van der Waals surface area contributed by atoms with E-state index in [-0.39, 0.29) is 0 Å². The molecular formula is C11H18N2O4. The normalized spacial score (nSPS) is 11.3. The molecule has 0 unspecified atom stereocenters. The molecule has 4 N–H and O–H groups in total. The number of hydrogen-bond acceptors (Lipinski definition) is 6. The molecule has 0 saturated carbocycles. The predicted octanol–water partition coefficient (Wildman–Crippen LogP) is -0.392. The lowest BCUT2D eigenvalue weighted by Crippen LogP contribution is -2.49. The number of aliphatic hydroxyl groups excluding tert-OH is 3. The average Bonchev–Trinajstić information content (AvgIpc) is 2.37. The fourth-order valence-corrected chi connectivity index (χ4v) is 1.25. The van der Waals surface area contributed by atoms with Crippen LogP contribution >= 0.6 is 0 Å². The van der Waals surface area contributed by atoms with Crippen molar-refractivity contribution in [3.8, 4) is 5.88 Å². The van der Waals surface area contributed by atoms with Gasteiger partial charge in [-0.05, 0) is 13.0 Å². The van der Waals surface area contributed by atoms with Crippen molar-refractivity contribution in [3.05, 3.63) is 18.2 Å². The maximum Gasteiger partial charge on any atom is 0.215 e. The van der Waals surface area contributed by atoms with E-state index < -0.39 is 25.4 Å². The third-order valence-corrected chi connectivity index (χ3v) is 2.32. The molecule has 1 aromatic heterocycles. The molecule has 6 heteroatoms. The van der Waals surface area contributed by atoms with Crippen LogP contribution in [-0.4, -0.2) is 52.3 Å². The second kappa shape index (κ2) is 6.39. The zero-order valence-corrected chi connectivity index (χ0v) is 9.76. The minimum absolute atomic E-state index is 0.402. The Morgan fingerprint density at radius 3 is 2.41 bits per heavy atom. The topological polar surface area (TPSA) is 94.8 Å². The SMILES string of the molecule is CCOc1cccc(NC(CO)(CO)CO)n1. The Kier molecular flexibility index (Phi) is 5.14. The minimum atomic E-state index is -1.18. The van der Waals surface area contributed by atoms with Crippen molar-refractivity contribution in [1.82, 2.24) is 4.98 Å². The zero-order chi connectivity index (χ0) is 12.7. The Hall–Kier alpha value is -1.37. The average molecular weight is 242 g/mol. The van der Waals surface area contributed by atoms with E-state index in [9.17, 15) is 0 Å². The molecule has 96 valence electrons. The molecule has 0 bridgehead atoms. The lowest BCUT2D eigenvalue weighted by atomic mass is 10.0. The molecular weight excluding hydrogens is 224 g/mol. The predicted molar refractivity (Wildman–Crippen MR) is 63.0 cm³/mol. The quantitative estimate of drug-likeness (QED) is 0.520. The fraction of sp³-hybridized carbons (Fsp3) is 0.545. The van der Waals surface area contributed by atoms with Gasteiger partial charge in [-0.1, -0.05) is 6.07 Å². The molecule has 1 heterocycles. The standard InChI is InChI=1S/C11H18N2O4/c1-2-17-10-5-3-4-9(12-10)13-11(6-14,7-15)8-16/h3-5,14-16H,2,6-8H2,1H3,(H,12,13). The highest BCUT2D eigenvalue weighted by molar-refractivity contribution is 5.40. The molecule has 0 aliphatic carbocycles. The number of pyridine rings is 1. The van der Waals surface area contributed by atoms with Crippen molar-refractivity contribution in [2.75, 3.05) is 31.7 Å². The summed E-state index contributed by atoms with van der Waals surface area (Å²) >= 11 is 0. The van der Waals surface area contributed by atoms with Gasteiger partial charge in [0.2, 0.25) is 5.88 Å². The van der Waals surface area contributed by atoms with Gasteiger partial charge in [0.1, 0.15) is 11.4 Å². The summed E-state index contributed by atoms with van der Waals surface area (Å²) in [6, 6.07) is 5.10. The van der Waals surface area contributed by atoms with Gasteiger partial charge < -0.3 is 25.4 Å². The number of ether oxygens (including phenoxy) is 1. The van der Waals surface area contributed by atoms with Gasteiger partial charge in [-0.15, -0.1) is 0 Å². The first-order valence-corrected chi connectivity index (χ1v) is 5.40. The van der Waals surface area contributed by atoms with Crippen molar-refractivity contribution in [3.63, 3.8) is 0 Å². The molecule has 0 spiro atoms. The van der Waals surface area contributed by atoms with Gasteiger partial charge in [0.15, 0.2) is 0 Å². The van der Waals surface area contributed by atoms with Gasteiger partial charge in [0.25, 0.3) is 0 Å². The van der Waals surface area contributed by atoms with Crippen molar-refractivity contribution in [2.24, 2.45) is 0 Å². The molecule has 0 amide bonds. The third kappa shape index (κ3) is 3.55. The summed E-state index contributed by atoms with van der Waals surface area (Å²) < 4.78 is 5.22. The molecule has 1 aromatic rings. The Balaban J connectivity index is 2.82. The first-order valence-electron chi connectivity index (χ1n) is 5.40. The Morgan fingerprint density at radius 1 is 1.24 bits per heavy atom. The summed E-state index contributed by atoms with van der Waals surface area (Å²) in [6.07, 6.45) is 0. The number of rotatable bonds is 7. The van der Waals surface area contributed by atoms with Crippen LogP contribution in [0.25, 0.3) is 0 Å². The number of aromatic nitrogens is 1. The monoisotopic (exact) mass is 242 g/mol. The summed E-state index contributed by atoms with van der Waals surface area (Å²) in [6.45, 7) is 1.14. The number of anilines is 1. The van der Waals surface area contributed by atoms with Crippen molar-refractivity contribution in [2.45, 2.75) is 12.5 Å². The largest absolute Gasteiger partial charge is 0.478 e. The summed E-state index contributed by atoms with van der Waals surface area (Å²) in [5.41, 5.74) is -1.18. The van der Waals surface area contributed by atoms with E-state index in [0.29, 0.717) is 18.3 Å². The molecule has 17 heavy (non-hydrogen) atoms. The van der Waals surface area contributed by atoms with E-state index in [4.69, 9.17) is 20.1 Å². The third-order valence-electron chi connectivity index (χ3n) is 2.32. The minimum Gasteiger partial charge on any atom is -0.478 e. The van der Waals surface area contributed by atoms with Crippen LogP contribution in [0, 0.1) is 0 Å². The van der Waals surface area contributed by atoms with Crippen LogP contribution in [0.15, 0.2) is 18.2 Å². The fourth-order valence-electron chi connectivity index (χ4n) is 1.25. The van der Waals surface area contributed by atoms with Crippen LogP contribution in [0.5, 0.6) is 5.88 Å². The van der Waals surface area contributed by atoms with Crippen molar-refractivity contribution in [1.29, 1.82) is 0 Å². The second-order valence-electron chi connectivity index (χ2n) is 3.67. The first-order chi connectivity index (χ1) is 8.19. The highest BCUT2D eigenvalue weighted by atomic mass is 16.5. The molecule has 0 fully saturated rings.